The first-order valence-electron chi connectivity index (χ1n) is 12.0. The van der Waals surface area contributed by atoms with Crippen LogP contribution in [0.3, 0.4) is 0 Å². The van der Waals surface area contributed by atoms with Crippen LogP contribution in [0.25, 0.3) is 11.3 Å². The number of hydrogen-bond acceptors (Lipinski definition) is 8. The van der Waals surface area contributed by atoms with Crippen molar-refractivity contribution in [3.8, 4) is 11.3 Å². The van der Waals surface area contributed by atoms with Crippen LogP contribution in [-0.4, -0.2) is 48.4 Å². The molecule has 0 aliphatic heterocycles. The summed E-state index contributed by atoms with van der Waals surface area (Å²) in [6, 6.07) is 7.82. The normalized spacial score (nSPS) is 11.3. The van der Waals surface area contributed by atoms with Crippen molar-refractivity contribution in [2.45, 2.75) is 46.2 Å². The van der Waals surface area contributed by atoms with Crippen molar-refractivity contribution in [2.24, 2.45) is 0 Å². The number of nitrogens with zero attached hydrogens (tertiary/aromatic N) is 5. The molecule has 0 atom stereocenters. The van der Waals surface area contributed by atoms with Gasteiger partial charge in [-0.15, -0.1) is 11.3 Å². The monoisotopic (exact) mass is 534 g/mol. The van der Waals surface area contributed by atoms with E-state index in [9.17, 15) is 9.59 Å². The Morgan fingerprint density at radius 3 is 2.63 bits per heavy atom. The summed E-state index contributed by atoms with van der Waals surface area (Å²) in [6.45, 7) is 9.31. The number of benzene rings is 1. The molecule has 2 amide bonds. The van der Waals surface area contributed by atoms with E-state index in [0.717, 1.165) is 27.4 Å². The summed E-state index contributed by atoms with van der Waals surface area (Å²) in [5.41, 5.74) is 4.33. The molecule has 12 heteroatoms. The molecule has 0 unspecified atom stereocenters. The number of anilines is 2. The van der Waals surface area contributed by atoms with Crippen LogP contribution in [0.5, 0.6) is 0 Å². The van der Waals surface area contributed by atoms with Gasteiger partial charge in [-0.05, 0) is 30.2 Å². The molecular weight excluding hydrogens is 504 g/mol. The second-order valence-electron chi connectivity index (χ2n) is 9.72. The van der Waals surface area contributed by atoms with Gasteiger partial charge in [0.05, 0.1) is 35.3 Å². The lowest BCUT2D eigenvalue weighted by molar-refractivity contribution is 0.0954. The molecule has 0 fully saturated rings. The number of nitrogens with one attached hydrogen (secondary N) is 3. The number of thiazole rings is 1. The molecule has 0 saturated heterocycles. The molecule has 0 aliphatic rings. The fraction of sp³-hybridized carbons (Fsp3) is 0.308. The topological polar surface area (TPSA) is 147 Å². The summed E-state index contributed by atoms with van der Waals surface area (Å²) in [4.78, 5) is 37.1. The van der Waals surface area contributed by atoms with Crippen LogP contribution in [0, 0.1) is 6.92 Å². The molecule has 198 valence electrons. The van der Waals surface area contributed by atoms with Crippen LogP contribution in [0.2, 0.25) is 0 Å². The van der Waals surface area contributed by atoms with Crippen LogP contribution in [0.1, 0.15) is 46.6 Å². The van der Waals surface area contributed by atoms with Crippen molar-refractivity contribution in [3.63, 3.8) is 0 Å². The summed E-state index contributed by atoms with van der Waals surface area (Å²) >= 11 is 1.42. The van der Waals surface area contributed by atoms with Gasteiger partial charge in [0, 0.05) is 36.5 Å². The zero-order chi connectivity index (χ0) is 27.3. The molecule has 3 heterocycles. The van der Waals surface area contributed by atoms with Crippen molar-refractivity contribution in [1.82, 2.24) is 35.4 Å². The second kappa shape index (κ2) is 11.4. The Balaban J connectivity index is 1.38. The largest absolute Gasteiger partial charge is 0.465 e. The van der Waals surface area contributed by atoms with Crippen molar-refractivity contribution >= 4 is 35.0 Å². The molecular formula is C26H30N8O3S. The third kappa shape index (κ3) is 6.91. The van der Waals surface area contributed by atoms with Crippen LogP contribution in [0.15, 0.2) is 49.1 Å². The number of aryl methyl sites for hydroxylation is 1. The molecule has 11 nitrogen and oxygen atoms in total. The molecule has 1 aromatic carbocycles. The lowest BCUT2D eigenvalue weighted by Gasteiger charge is -2.13. The maximum Gasteiger partial charge on any atom is 0.404 e. The highest BCUT2D eigenvalue weighted by atomic mass is 32.1. The molecule has 4 N–H and O–H groups in total. The summed E-state index contributed by atoms with van der Waals surface area (Å²) in [6.07, 6.45) is 5.62. The van der Waals surface area contributed by atoms with Gasteiger partial charge < -0.3 is 21.1 Å². The predicted octanol–water partition coefficient (Wildman–Crippen LogP) is 4.34. The third-order valence-electron chi connectivity index (χ3n) is 5.61. The quantitative estimate of drug-likeness (QED) is 0.248. The van der Waals surface area contributed by atoms with Gasteiger partial charge in [0.15, 0.2) is 0 Å². The Morgan fingerprint density at radius 1 is 1.11 bits per heavy atom. The highest BCUT2D eigenvalue weighted by molar-refractivity contribution is 7.13. The Hall–Kier alpha value is -4.32. The van der Waals surface area contributed by atoms with Gasteiger partial charge in [0.1, 0.15) is 4.88 Å². The minimum Gasteiger partial charge on any atom is -0.465 e. The number of carbonyl (C=O) groups excluding carboxylic acids is 1. The second-order valence-corrected chi connectivity index (χ2v) is 10.7. The van der Waals surface area contributed by atoms with Gasteiger partial charge in [0.25, 0.3) is 5.91 Å². The highest BCUT2D eigenvalue weighted by Gasteiger charge is 2.20. The molecule has 4 rings (SSSR count). The molecule has 0 radical (unpaired) electrons. The van der Waals surface area contributed by atoms with Gasteiger partial charge in [0.2, 0.25) is 5.95 Å². The Labute approximate surface area is 224 Å². The maximum atomic E-state index is 12.6. The van der Waals surface area contributed by atoms with E-state index < -0.39 is 6.09 Å². The zero-order valence-electron chi connectivity index (χ0n) is 21.6. The van der Waals surface area contributed by atoms with Crippen LogP contribution < -0.4 is 16.0 Å². The van der Waals surface area contributed by atoms with E-state index in [0.29, 0.717) is 29.6 Å². The van der Waals surface area contributed by atoms with Crippen molar-refractivity contribution < 1.29 is 14.7 Å². The van der Waals surface area contributed by atoms with Gasteiger partial charge in [-0.25, -0.2) is 19.7 Å². The van der Waals surface area contributed by atoms with Crippen molar-refractivity contribution in [1.29, 1.82) is 0 Å². The van der Waals surface area contributed by atoms with Crippen LogP contribution in [-0.2, 0) is 18.5 Å². The molecule has 4 aromatic rings. The first-order chi connectivity index (χ1) is 18.1. The molecule has 0 saturated carbocycles. The van der Waals surface area contributed by atoms with Crippen LogP contribution in [0.4, 0.5) is 16.4 Å². The fourth-order valence-electron chi connectivity index (χ4n) is 3.58. The van der Waals surface area contributed by atoms with Crippen molar-refractivity contribution in [2.75, 3.05) is 11.9 Å². The fourth-order valence-corrected chi connectivity index (χ4v) is 4.47. The maximum absolute atomic E-state index is 12.6. The number of amides is 2. The molecule has 0 bridgehead atoms. The average molecular weight is 535 g/mol. The van der Waals surface area contributed by atoms with E-state index in [1.54, 1.807) is 29.5 Å². The lowest BCUT2D eigenvalue weighted by atomic mass is 9.98. The smallest absolute Gasteiger partial charge is 0.404 e. The number of rotatable bonds is 9. The minimum atomic E-state index is -1.07. The summed E-state index contributed by atoms with van der Waals surface area (Å²) < 4.78 is 1.63. The van der Waals surface area contributed by atoms with E-state index in [4.69, 9.17) is 5.11 Å². The zero-order valence-corrected chi connectivity index (χ0v) is 22.5. The summed E-state index contributed by atoms with van der Waals surface area (Å²) in [5.74, 6) is 0.286. The summed E-state index contributed by atoms with van der Waals surface area (Å²) in [5, 5.41) is 22.2. The first kappa shape index (κ1) is 26.7. The van der Waals surface area contributed by atoms with E-state index >= 15 is 0 Å². The third-order valence-corrected chi connectivity index (χ3v) is 7.03. The molecule has 0 aliphatic carbocycles. The van der Waals surface area contributed by atoms with E-state index in [2.05, 4.69) is 56.8 Å². The molecule has 3 aromatic heterocycles. The number of carbonyl (C=O) groups is 2. The van der Waals surface area contributed by atoms with Gasteiger partial charge >= 0.3 is 6.09 Å². The SMILES string of the molecule is Cc1cc(-c2ccnc(Nc3cnn(CCNC(=O)O)c3)n2)ccc1CNC(=O)c1cnc(C(C)(C)C)s1. The first-order valence-corrected chi connectivity index (χ1v) is 12.8. The Kier molecular flexibility index (Phi) is 8.01. The average Bonchev–Trinajstić information content (AvgIpc) is 3.53. The van der Waals surface area contributed by atoms with Gasteiger partial charge in [-0.1, -0.05) is 32.9 Å². The number of aromatic nitrogens is 5. The van der Waals surface area contributed by atoms with Crippen molar-refractivity contribution in [3.05, 3.63) is 70.1 Å². The standard InChI is InChI=1S/C26H30N8O3S/c1-16-11-17(5-6-18(16)12-29-22(35)21-14-30-23(38-21)26(2,3)4)20-7-8-27-24(33-20)32-19-13-31-34(15-19)10-9-28-25(36)37/h5-8,11,13-15,28H,9-10,12H2,1-4H3,(H,29,35)(H,36,37)(H,27,32,33). The highest BCUT2D eigenvalue weighted by Crippen LogP contribution is 2.27. The Bertz CT molecular complexity index is 1440. The van der Waals surface area contributed by atoms with Crippen LogP contribution >= 0.6 is 11.3 Å². The van der Waals surface area contributed by atoms with Gasteiger partial charge in [-0.2, -0.15) is 5.10 Å². The Morgan fingerprint density at radius 2 is 1.92 bits per heavy atom. The van der Waals surface area contributed by atoms with Gasteiger partial charge in [-0.3, -0.25) is 9.48 Å². The van der Waals surface area contributed by atoms with E-state index in [1.807, 2.05) is 31.2 Å². The van der Waals surface area contributed by atoms with E-state index in [1.165, 1.54) is 11.3 Å². The summed E-state index contributed by atoms with van der Waals surface area (Å²) in [7, 11) is 0. The minimum absolute atomic E-state index is 0.0883. The van der Waals surface area contributed by atoms with E-state index in [-0.39, 0.29) is 17.9 Å². The predicted molar refractivity (Wildman–Crippen MR) is 146 cm³/mol. The lowest BCUT2D eigenvalue weighted by Crippen LogP contribution is -2.25. The molecule has 0 spiro atoms. The number of carboxylic acid groups (broad SMARTS) is 1. The number of hydrogen-bond donors (Lipinski definition) is 4. The molecule has 38 heavy (non-hydrogen) atoms.